The van der Waals surface area contributed by atoms with Crippen LogP contribution in [0, 0.1) is 6.92 Å². The molecule has 0 heterocycles. The summed E-state index contributed by atoms with van der Waals surface area (Å²) in [6, 6.07) is 7.17. The van der Waals surface area contributed by atoms with E-state index in [1.165, 1.54) is 7.05 Å². The van der Waals surface area contributed by atoms with Crippen molar-refractivity contribution in [2.24, 2.45) is 0 Å². The van der Waals surface area contributed by atoms with Gasteiger partial charge in [-0.3, -0.25) is 9.59 Å². The molecular weight excluding hydrogens is 192 g/mol. The molecule has 0 aliphatic carbocycles. The third kappa shape index (κ3) is 3.42. The van der Waals surface area contributed by atoms with Gasteiger partial charge < -0.3 is 10.6 Å². The molecule has 2 N–H and O–H groups in total. The van der Waals surface area contributed by atoms with Crippen molar-refractivity contribution in [3.05, 3.63) is 35.4 Å². The summed E-state index contributed by atoms with van der Waals surface area (Å²) in [5, 5.41) is 4.95. The van der Waals surface area contributed by atoms with Crippen molar-refractivity contribution in [2.75, 3.05) is 13.6 Å². The monoisotopic (exact) mass is 206 g/mol. The van der Waals surface area contributed by atoms with Crippen LogP contribution >= 0.6 is 0 Å². The lowest BCUT2D eigenvalue weighted by Gasteiger charge is -2.04. The maximum atomic E-state index is 11.5. The van der Waals surface area contributed by atoms with E-state index in [0.717, 1.165) is 5.56 Å². The van der Waals surface area contributed by atoms with Gasteiger partial charge in [0, 0.05) is 12.6 Å². The van der Waals surface area contributed by atoms with Gasteiger partial charge in [-0.05, 0) is 19.1 Å². The first-order valence-corrected chi connectivity index (χ1v) is 4.69. The first kappa shape index (κ1) is 11.2. The summed E-state index contributed by atoms with van der Waals surface area (Å²) in [4.78, 5) is 22.4. The van der Waals surface area contributed by atoms with Crippen molar-refractivity contribution in [3.8, 4) is 0 Å². The quantitative estimate of drug-likeness (QED) is 0.755. The highest BCUT2D eigenvalue weighted by Gasteiger charge is 2.05. The summed E-state index contributed by atoms with van der Waals surface area (Å²) in [7, 11) is 1.53. The zero-order chi connectivity index (χ0) is 11.3. The maximum absolute atomic E-state index is 11.5. The van der Waals surface area contributed by atoms with Crippen LogP contribution < -0.4 is 10.6 Å². The van der Waals surface area contributed by atoms with E-state index in [1.54, 1.807) is 12.1 Å². The minimum Gasteiger partial charge on any atom is -0.358 e. The standard InChI is InChI=1S/C11H14N2O2/c1-8-3-5-9(6-4-8)11(15)13-7-10(14)12-2/h3-6H,7H2,1-2H3,(H,12,14)(H,13,15). The number of benzene rings is 1. The predicted molar refractivity (Wildman–Crippen MR) is 57.6 cm³/mol. The zero-order valence-corrected chi connectivity index (χ0v) is 8.83. The van der Waals surface area contributed by atoms with E-state index in [4.69, 9.17) is 0 Å². The van der Waals surface area contributed by atoms with Crippen LogP contribution in [-0.2, 0) is 4.79 Å². The number of aryl methyl sites for hydroxylation is 1. The molecule has 0 bridgehead atoms. The SMILES string of the molecule is CNC(=O)CNC(=O)c1ccc(C)cc1. The lowest BCUT2D eigenvalue weighted by Crippen LogP contribution is -2.35. The van der Waals surface area contributed by atoms with Crippen LogP contribution in [0.15, 0.2) is 24.3 Å². The van der Waals surface area contributed by atoms with Gasteiger partial charge >= 0.3 is 0 Å². The molecule has 80 valence electrons. The molecule has 0 fully saturated rings. The van der Waals surface area contributed by atoms with E-state index < -0.39 is 0 Å². The fraction of sp³-hybridized carbons (Fsp3) is 0.273. The smallest absolute Gasteiger partial charge is 0.251 e. The van der Waals surface area contributed by atoms with Crippen molar-refractivity contribution in [1.82, 2.24) is 10.6 Å². The molecule has 0 saturated heterocycles. The van der Waals surface area contributed by atoms with E-state index in [-0.39, 0.29) is 18.4 Å². The number of likely N-dealkylation sites (N-methyl/N-ethyl adjacent to an activating group) is 1. The second-order valence-electron chi connectivity index (χ2n) is 3.22. The van der Waals surface area contributed by atoms with Crippen molar-refractivity contribution in [1.29, 1.82) is 0 Å². The molecule has 2 amide bonds. The third-order valence-corrected chi connectivity index (χ3v) is 2.00. The number of nitrogens with one attached hydrogen (secondary N) is 2. The Kier molecular flexibility index (Phi) is 3.85. The summed E-state index contributed by atoms with van der Waals surface area (Å²) in [5.41, 5.74) is 1.65. The second-order valence-corrected chi connectivity index (χ2v) is 3.22. The lowest BCUT2D eigenvalue weighted by atomic mass is 10.1. The largest absolute Gasteiger partial charge is 0.358 e. The van der Waals surface area contributed by atoms with Crippen LogP contribution in [0.1, 0.15) is 15.9 Å². The third-order valence-electron chi connectivity index (χ3n) is 2.00. The number of carbonyl (C=O) groups is 2. The Morgan fingerprint density at radius 3 is 2.33 bits per heavy atom. The van der Waals surface area contributed by atoms with Crippen molar-refractivity contribution < 1.29 is 9.59 Å². The van der Waals surface area contributed by atoms with Gasteiger partial charge in [0.05, 0.1) is 6.54 Å². The highest BCUT2D eigenvalue weighted by Crippen LogP contribution is 2.02. The summed E-state index contributed by atoms with van der Waals surface area (Å²) in [5.74, 6) is -0.450. The lowest BCUT2D eigenvalue weighted by molar-refractivity contribution is -0.119. The minimum atomic E-state index is -0.237. The molecule has 1 aromatic rings. The maximum Gasteiger partial charge on any atom is 0.251 e. The molecule has 4 heteroatoms. The highest BCUT2D eigenvalue weighted by molar-refractivity contribution is 5.96. The molecule has 0 radical (unpaired) electrons. The summed E-state index contributed by atoms with van der Waals surface area (Å²) < 4.78 is 0. The summed E-state index contributed by atoms with van der Waals surface area (Å²) in [6.45, 7) is 1.95. The Labute approximate surface area is 88.7 Å². The number of hydrogen-bond acceptors (Lipinski definition) is 2. The number of hydrogen-bond donors (Lipinski definition) is 2. The highest BCUT2D eigenvalue weighted by atomic mass is 16.2. The normalized spacial score (nSPS) is 9.47. The van der Waals surface area contributed by atoms with Gasteiger partial charge in [-0.1, -0.05) is 17.7 Å². The van der Waals surface area contributed by atoms with Crippen LogP contribution in [0.25, 0.3) is 0 Å². The van der Waals surface area contributed by atoms with Gasteiger partial charge in [0.1, 0.15) is 0 Å². The van der Waals surface area contributed by atoms with Crippen molar-refractivity contribution in [2.45, 2.75) is 6.92 Å². The molecule has 0 saturated carbocycles. The van der Waals surface area contributed by atoms with Crippen molar-refractivity contribution >= 4 is 11.8 Å². The second kappa shape index (κ2) is 5.14. The van der Waals surface area contributed by atoms with Gasteiger partial charge in [-0.15, -0.1) is 0 Å². The van der Waals surface area contributed by atoms with Gasteiger partial charge in [-0.25, -0.2) is 0 Å². The average molecular weight is 206 g/mol. The van der Waals surface area contributed by atoms with E-state index in [2.05, 4.69) is 10.6 Å². The Balaban J connectivity index is 2.54. The number of carbonyl (C=O) groups excluding carboxylic acids is 2. The molecule has 1 aromatic carbocycles. The van der Waals surface area contributed by atoms with Crippen LogP contribution in [0.4, 0.5) is 0 Å². The number of amides is 2. The topological polar surface area (TPSA) is 58.2 Å². The Morgan fingerprint density at radius 2 is 1.80 bits per heavy atom. The zero-order valence-electron chi connectivity index (χ0n) is 8.83. The molecule has 0 aliphatic heterocycles. The molecule has 0 atom stereocenters. The van der Waals surface area contributed by atoms with E-state index in [0.29, 0.717) is 5.56 Å². The molecule has 0 aromatic heterocycles. The van der Waals surface area contributed by atoms with Crippen LogP contribution in [0.2, 0.25) is 0 Å². The van der Waals surface area contributed by atoms with Gasteiger partial charge in [0.25, 0.3) is 5.91 Å². The molecule has 0 aliphatic rings. The first-order chi connectivity index (χ1) is 7.13. The Bertz CT molecular complexity index is 357. The predicted octanol–water partition coefficient (Wildman–Crippen LogP) is 0.471. The molecule has 4 nitrogen and oxygen atoms in total. The molecule has 15 heavy (non-hydrogen) atoms. The summed E-state index contributed by atoms with van der Waals surface area (Å²) >= 11 is 0. The molecule has 1 rings (SSSR count). The van der Waals surface area contributed by atoms with E-state index in [9.17, 15) is 9.59 Å². The van der Waals surface area contributed by atoms with Gasteiger partial charge in [-0.2, -0.15) is 0 Å². The van der Waals surface area contributed by atoms with Gasteiger partial charge in [0.2, 0.25) is 5.91 Å². The van der Waals surface area contributed by atoms with Crippen LogP contribution in [-0.4, -0.2) is 25.4 Å². The van der Waals surface area contributed by atoms with Crippen LogP contribution in [0.3, 0.4) is 0 Å². The summed E-state index contributed by atoms with van der Waals surface area (Å²) in [6.07, 6.45) is 0. The Morgan fingerprint density at radius 1 is 1.20 bits per heavy atom. The van der Waals surface area contributed by atoms with Crippen LogP contribution in [0.5, 0.6) is 0 Å². The van der Waals surface area contributed by atoms with E-state index >= 15 is 0 Å². The first-order valence-electron chi connectivity index (χ1n) is 4.69. The molecule has 0 unspecified atom stereocenters. The Hall–Kier alpha value is -1.84. The number of rotatable bonds is 3. The fourth-order valence-corrected chi connectivity index (χ4v) is 1.06. The molecule has 0 spiro atoms. The van der Waals surface area contributed by atoms with Gasteiger partial charge in [0.15, 0.2) is 0 Å². The average Bonchev–Trinajstić information content (AvgIpc) is 2.26. The van der Waals surface area contributed by atoms with E-state index in [1.807, 2.05) is 19.1 Å². The molecular formula is C11H14N2O2. The minimum absolute atomic E-state index is 0.00318. The fourth-order valence-electron chi connectivity index (χ4n) is 1.06. The van der Waals surface area contributed by atoms with Crippen molar-refractivity contribution in [3.63, 3.8) is 0 Å².